The van der Waals surface area contributed by atoms with Crippen LogP contribution in [0.4, 0.5) is 5.82 Å². The van der Waals surface area contributed by atoms with Crippen LogP contribution in [0.25, 0.3) is 22.1 Å². The minimum atomic E-state index is -0.401. The van der Waals surface area contributed by atoms with Crippen molar-refractivity contribution in [2.75, 3.05) is 18.0 Å². The van der Waals surface area contributed by atoms with Crippen LogP contribution >= 0.6 is 23.4 Å². The second-order valence-electron chi connectivity index (χ2n) is 9.39. The summed E-state index contributed by atoms with van der Waals surface area (Å²) in [6.07, 6.45) is 7.69. The van der Waals surface area contributed by atoms with E-state index in [2.05, 4.69) is 25.3 Å². The van der Waals surface area contributed by atoms with Gasteiger partial charge in [0.15, 0.2) is 5.16 Å². The number of halogens is 1. The molecule has 4 N–H and O–H groups in total. The molecule has 10 nitrogen and oxygen atoms in total. The fourth-order valence-corrected chi connectivity index (χ4v) is 5.90. The van der Waals surface area contributed by atoms with Crippen molar-refractivity contribution in [3.8, 4) is 0 Å². The monoisotopic (exact) mass is 559 g/mol. The van der Waals surface area contributed by atoms with E-state index in [4.69, 9.17) is 27.3 Å². The first kappa shape index (κ1) is 25.5. The van der Waals surface area contributed by atoms with Crippen LogP contribution in [0.1, 0.15) is 18.2 Å². The third kappa shape index (κ3) is 5.12. The van der Waals surface area contributed by atoms with Gasteiger partial charge in [0.2, 0.25) is 5.91 Å². The van der Waals surface area contributed by atoms with Gasteiger partial charge in [0, 0.05) is 61.1 Å². The molecule has 0 radical (unpaired) electrons. The lowest BCUT2D eigenvalue weighted by molar-refractivity contribution is -0.124. The number of aromatic nitrogens is 6. The van der Waals surface area contributed by atoms with Crippen molar-refractivity contribution >= 4 is 57.2 Å². The van der Waals surface area contributed by atoms with Crippen LogP contribution in [0.3, 0.4) is 0 Å². The van der Waals surface area contributed by atoms with Crippen molar-refractivity contribution in [3.63, 3.8) is 0 Å². The summed E-state index contributed by atoms with van der Waals surface area (Å²) in [4.78, 5) is 42.0. The van der Waals surface area contributed by atoms with Gasteiger partial charge >= 0.3 is 0 Å². The Morgan fingerprint density at radius 1 is 1.18 bits per heavy atom. The molecular formula is C27H26ClN9OS. The highest BCUT2D eigenvalue weighted by Crippen LogP contribution is 2.38. The number of nitrogens with two attached hydrogens (primary N) is 1. The summed E-state index contributed by atoms with van der Waals surface area (Å²) in [7, 11) is 0. The average molecular weight is 560 g/mol. The maximum atomic E-state index is 13.1. The van der Waals surface area contributed by atoms with Crippen molar-refractivity contribution in [2.24, 2.45) is 11.7 Å². The molecule has 6 rings (SSSR count). The Labute approximate surface area is 233 Å². The van der Waals surface area contributed by atoms with Crippen LogP contribution in [0, 0.1) is 5.92 Å². The zero-order chi connectivity index (χ0) is 26.9. The van der Waals surface area contributed by atoms with Crippen LogP contribution in [0.5, 0.6) is 0 Å². The van der Waals surface area contributed by atoms with Crippen molar-refractivity contribution in [3.05, 3.63) is 71.4 Å². The molecule has 2 atom stereocenters. The largest absolute Gasteiger partial charge is 0.353 e. The maximum Gasteiger partial charge on any atom is 0.226 e. The fraction of sp³-hybridized carbons (Fsp3) is 0.259. The molecule has 0 saturated carbocycles. The van der Waals surface area contributed by atoms with Gasteiger partial charge in [0.25, 0.3) is 0 Å². The molecule has 6 heterocycles. The maximum absolute atomic E-state index is 13.1. The molecule has 5 aromatic heterocycles. The van der Waals surface area contributed by atoms with Gasteiger partial charge in [-0.2, -0.15) is 0 Å². The second-order valence-corrected chi connectivity index (χ2v) is 10.8. The quantitative estimate of drug-likeness (QED) is 0.254. The Bertz CT molecular complexity index is 1660. The highest BCUT2D eigenvalue weighted by Gasteiger charge is 2.37. The molecular weight excluding hydrogens is 534 g/mol. The van der Waals surface area contributed by atoms with Crippen molar-refractivity contribution in [1.29, 1.82) is 0 Å². The number of hydrogen-bond acceptors (Lipinski definition) is 9. The van der Waals surface area contributed by atoms with Gasteiger partial charge in [-0.1, -0.05) is 24.6 Å². The van der Waals surface area contributed by atoms with Gasteiger partial charge in [-0.15, -0.1) is 0 Å². The molecule has 1 fully saturated rings. The molecule has 198 valence electrons. The molecule has 0 spiro atoms. The molecule has 12 heteroatoms. The van der Waals surface area contributed by atoms with E-state index in [1.807, 2.05) is 42.2 Å². The van der Waals surface area contributed by atoms with E-state index in [9.17, 15) is 4.79 Å². The normalized spacial score (nSPS) is 17.3. The summed E-state index contributed by atoms with van der Waals surface area (Å²) in [5.41, 5.74) is 10.6. The molecule has 1 amide bonds. The van der Waals surface area contributed by atoms with E-state index in [1.54, 1.807) is 24.8 Å². The van der Waals surface area contributed by atoms with Crippen molar-refractivity contribution in [2.45, 2.75) is 36.0 Å². The van der Waals surface area contributed by atoms with Crippen LogP contribution in [-0.2, 0) is 17.8 Å². The lowest BCUT2D eigenvalue weighted by Gasteiger charge is -2.19. The Morgan fingerprint density at radius 2 is 2.05 bits per heavy atom. The van der Waals surface area contributed by atoms with Crippen LogP contribution in [-0.4, -0.2) is 54.9 Å². The molecule has 1 aliphatic heterocycles. The molecule has 1 unspecified atom stereocenters. The summed E-state index contributed by atoms with van der Waals surface area (Å²) >= 11 is 8.19. The molecule has 0 bridgehead atoms. The van der Waals surface area contributed by atoms with E-state index in [1.165, 1.54) is 11.8 Å². The van der Waals surface area contributed by atoms with E-state index in [0.29, 0.717) is 41.3 Å². The number of nitrogens with one attached hydrogen (secondary N) is 2. The van der Waals surface area contributed by atoms with Gasteiger partial charge in [-0.25, -0.2) is 9.97 Å². The average Bonchev–Trinajstić information content (AvgIpc) is 3.51. The number of aromatic amines is 1. The van der Waals surface area contributed by atoms with Crippen LogP contribution < -0.4 is 16.0 Å². The molecule has 0 aliphatic carbocycles. The first-order chi connectivity index (χ1) is 19.0. The third-order valence-corrected chi connectivity index (χ3v) is 8.04. The highest BCUT2D eigenvalue weighted by molar-refractivity contribution is 7.99. The number of pyridine rings is 3. The standard InChI is InChI=1S/C27H26ClN9OS/c1-2-19-23(28)22-24(34-19)35-27(39-16-9-21-20(32-12-16)6-4-8-31-21)36-25(22)37-13-17(18(29)14-37)26(38)33-11-15-5-3-7-30-10-15/h3-10,12,17-18H,2,11,13-14,29H2,1H3,(H,33,38)(H,34,35,36)/t17-,18?/m1/s1. The number of H-pyrrole nitrogens is 1. The minimum absolute atomic E-state index is 0.0992. The van der Waals surface area contributed by atoms with E-state index >= 15 is 0 Å². The molecule has 1 aliphatic rings. The highest BCUT2D eigenvalue weighted by atomic mass is 35.5. The Morgan fingerprint density at radius 3 is 2.87 bits per heavy atom. The second kappa shape index (κ2) is 10.8. The topological polar surface area (TPSA) is 139 Å². The Balaban J connectivity index is 1.30. The lowest BCUT2D eigenvalue weighted by atomic mass is 10.0. The van der Waals surface area contributed by atoms with Gasteiger partial charge in [-0.3, -0.25) is 19.7 Å². The number of anilines is 1. The number of carbonyl (C=O) groups is 1. The zero-order valence-corrected chi connectivity index (χ0v) is 22.7. The smallest absolute Gasteiger partial charge is 0.226 e. The summed E-state index contributed by atoms with van der Waals surface area (Å²) in [5, 5.41) is 4.86. The Kier molecular flexibility index (Phi) is 7.03. The van der Waals surface area contributed by atoms with E-state index < -0.39 is 5.92 Å². The predicted octanol–water partition coefficient (Wildman–Crippen LogP) is 3.74. The summed E-state index contributed by atoms with van der Waals surface area (Å²) in [5.74, 6) is 0.160. The third-order valence-electron chi connectivity index (χ3n) is 6.80. The number of rotatable bonds is 7. The number of hydrogen-bond donors (Lipinski definition) is 3. The lowest BCUT2D eigenvalue weighted by Crippen LogP contribution is -2.40. The first-order valence-electron chi connectivity index (χ1n) is 12.6. The predicted molar refractivity (Wildman–Crippen MR) is 152 cm³/mol. The number of amides is 1. The van der Waals surface area contributed by atoms with Crippen LogP contribution in [0.15, 0.2) is 65.2 Å². The minimum Gasteiger partial charge on any atom is -0.353 e. The number of aryl methyl sites for hydroxylation is 1. The zero-order valence-electron chi connectivity index (χ0n) is 21.1. The summed E-state index contributed by atoms with van der Waals surface area (Å²) in [6, 6.07) is 9.15. The molecule has 0 aromatic carbocycles. The van der Waals surface area contributed by atoms with Gasteiger partial charge in [0.05, 0.1) is 27.4 Å². The first-order valence-corrected chi connectivity index (χ1v) is 13.8. The molecule has 1 saturated heterocycles. The van der Waals surface area contributed by atoms with Gasteiger partial charge in [-0.05, 0) is 48.0 Å². The van der Waals surface area contributed by atoms with Crippen molar-refractivity contribution < 1.29 is 4.79 Å². The fourth-order valence-electron chi connectivity index (χ4n) is 4.79. The summed E-state index contributed by atoms with van der Waals surface area (Å²) < 4.78 is 0. The molecule has 39 heavy (non-hydrogen) atoms. The van der Waals surface area contributed by atoms with Crippen molar-refractivity contribution in [1.82, 2.24) is 35.2 Å². The molecule has 5 aromatic rings. The Hall–Kier alpha value is -3.80. The van der Waals surface area contributed by atoms with Gasteiger partial charge < -0.3 is 20.9 Å². The number of carbonyl (C=O) groups excluding carboxylic acids is 1. The van der Waals surface area contributed by atoms with Crippen LogP contribution in [0.2, 0.25) is 5.02 Å². The SMILES string of the molecule is CCc1[nH]c2nc(Sc3cnc4cccnc4c3)nc(N3CC(N)[C@H](C(=O)NCc4cccnc4)C3)c2c1Cl. The van der Waals surface area contributed by atoms with E-state index in [0.717, 1.165) is 39.0 Å². The van der Waals surface area contributed by atoms with E-state index in [-0.39, 0.29) is 11.9 Å². The summed E-state index contributed by atoms with van der Waals surface area (Å²) in [6.45, 7) is 3.31. The number of fused-ring (bicyclic) bond motifs is 2. The number of nitrogens with zero attached hydrogens (tertiary/aromatic N) is 6. The van der Waals surface area contributed by atoms with Gasteiger partial charge in [0.1, 0.15) is 11.5 Å².